The number of carbonyl (C=O) groups excluding carboxylic acids is 1. The van der Waals surface area contributed by atoms with Crippen LogP contribution in [0.1, 0.15) is 22.3 Å². The van der Waals surface area contributed by atoms with Gasteiger partial charge in [-0.1, -0.05) is 0 Å². The van der Waals surface area contributed by atoms with E-state index in [-0.39, 0.29) is 5.91 Å². The second kappa shape index (κ2) is 5.73. The molecule has 0 aliphatic carbocycles. The SMILES string of the molecule is O=C(NCCc1ccncc1)c1cnn2c1OCCC2. The Balaban J connectivity index is 1.58. The maximum atomic E-state index is 12.1. The van der Waals surface area contributed by atoms with Gasteiger partial charge in [0.1, 0.15) is 5.56 Å². The minimum atomic E-state index is -0.137. The fourth-order valence-electron chi connectivity index (χ4n) is 2.19. The number of nitrogens with one attached hydrogen (secondary N) is 1. The van der Waals surface area contributed by atoms with Crippen LogP contribution in [0.4, 0.5) is 0 Å². The molecule has 0 bridgehead atoms. The summed E-state index contributed by atoms with van der Waals surface area (Å²) in [5, 5.41) is 7.06. The molecule has 3 rings (SSSR count). The number of hydrogen-bond acceptors (Lipinski definition) is 4. The Labute approximate surface area is 116 Å². The summed E-state index contributed by atoms with van der Waals surface area (Å²) in [6, 6.07) is 3.88. The van der Waals surface area contributed by atoms with E-state index >= 15 is 0 Å². The average molecular weight is 272 g/mol. The van der Waals surface area contributed by atoms with Crippen LogP contribution in [0.3, 0.4) is 0 Å². The summed E-state index contributed by atoms with van der Waals surface area (Å²) < 4.78 is 7.25. The van der Waals surface area contributed by atoms with E-state index in [1.54, 1.807) is 23.3 Å². The molecule has 0 unspecified atom stereocenters. The highest BCUT2D eigenvalue weighted by Crippen LogP contribution is 2.21. The van der Waals surface area contributed by atoms with Gasteiger partial charge in [0.2, 0.25) is 5.88 Å². The number of pyridine rings is 1. The maximum Gasteiger partial charge on any atom is 0.258 e. The normalized spacial score (nSPS) is 13.4. The number of nitrogens with zero attached hydrogens (tertiary/aromatic N) is 3. The summed E-state index contributed by atoms with van der Waals surface area (Å²) in [5.41, 5.74) is 1.66. The highest BCUT2D eigenvalue weighted by molar-refractivity contribution is 5.96. The van der Waals surface area contributed by atoms with Crippen molar-refractivity contribution in [2.75, 3.05) is 13.2 Å². The number of fused-ring (bicyclic) bond motifs is 1. The quantitative estimate of drug-likeness (QED) is 0.902. The summed E-state index contributed by atoms with van der Waals surface area (Å²) >= 11 is 0. The second-order valence-corrected chi connectivity index (χ2v) is 4.65. The number of amides is 1. The first-order valence-electron chi connectivity index (χ1n) is 6.70. The molecule has 6 heteroatoms. The molecule has 2 aromatic rings. The molecule has 0 saturated carbocycles. The van der Waals surface area contributed by atoms with Gasteiger partial charge in [-0.2, -0.15) is 5.10 Å². The van der Waals surface area contributed by atoms with E-state index in [4.69, 9.17) is 4.74 Å². The summed E-state index contributed by atoms with van der Waals surface area (Å²) in [6.07, 6.45) is 6.77. The van der Waals surface area contributed by atoms with Gasteiger partial charge >= 0.3 is 0 Å². The third-order valence-corrected chi connectivity index (χ3v) is 3.24. The smallest absolute Gasteiger partial charge is 0.258 e. The number of aromatic nitrogens is 3. The zero-order valence-electron chi connectivity index (χ0n) is 11.1. The van der Waals surface area contributed by atoms with Gasteiger partial charge in [-0.15, -0.1) is 0 Å². The van der Waals surface area contributed by atoms with Crippen LogP contribution in [-0.2, 0) is 13.0 Å². The van der Waals surface area contributed by atoms with E-state index in [1.807, 2.05) is 12.1 Å². The molecule has 0 aromatic carbocycles. The lowest BCUT2D eigenvalue weighted by molar-refractivity contribution is 0.0947. The first-order valence-corrected chi connectivity index (χ1v) is 6.70. The molecule has 0 saturated heterocycles. The highest BCUT2D eigenvalue weighted by Gasteiger charge is 2.21. The van der Waals surface area contributed by atoms with Gasteiger partial charge in [0.25, 0.3) is 5.91 Å². The molecular weight excluding hydrogens is 256 g/mol. The van der Waals surface area contributed by atoms with Crippen molar-refractivity contribution in [1.82, 2.24) is 20.1 Å². The molecule has 0 spiro atoms. The summed E-state index contributed by atoms with van der Waals surface area (Å²) in [6.45, 7) is 2.02. The van der Waals surface area contributed by atoms with Crippen LogP contribution in [-0.4, -0.2) is 33.8 Å². The molecule has 1 aliphatic heterocycles. The predicted octanol–water partition coefficient (Wildman–Crippen LogP) is 1.03. The van der Waals surface area contributed by atoms with Crippen molar-refractivity contribution in [2.45, 2.75) is 19.4 Å². The van der Waals surface area contributed by atoms with Crippen LogP contribution in [0.25, 0.3) is 0 Å². The van der Waals surface area contributed by atoms with Gasteiger partial charge in [0, 0.05) is 31.9 Å². The minimum Gasteiger partial charge on any atom is -0.477 e. The van der Waals surface area contributed by atoms with E-state index in [1.165, 1.54) is 0 Å². The molecule has 104 valence electrons. The summed E-state index contributed by atoms with van der Waals surface area (Å²) in [5.74, 6) is 0.444. The third kappa shape index (κ3) is 2.64. The Morgan fingerprint density at radius 2 is 2.25 bits per heavy atom. The van der Waals surface area contributed by atoms with E-state index in [0.29, 0.717) is 24.6 Å². The van der Waals surface area contributed by atoms with Crippen LogP contribution in [0.2, 0.25) is 0 Å². The molecule has 0 atom stereocenters. The topological polar surface area (TPSA) is 69.0 Å². The standard InChI is InChI=1S/C14H16N4O2/c19-13(16-7-4-11-2-5-15-6-3-11)12-10-17-18-8-1-9-20-14(12)18/h2-3,5-6,10H,1,4,7-9H2,(H,16,19). The van der Waals surface area contributed by atoms with Crippen molar-refractivity contribution in [2.24, 2.45) is 0 Å². The molecule has 20 heavy (non-hydrogen) atoms. The van der Waals surface area contributed by atoms with Crippen molar-refractivity contribution < 1.29 is 9.53 Å². The van der Waals surface area contributed by atoms with E-state index in [2.05, 4.69) is 15.4 Å². The van der Waals surface area contributed by atoms with Crippen LogP contribution < -0.4 is 10.1 Å². The monoisotopic (exact) mass is 272 g/mol. The van der Waals surface area contributed by atoms with E-state index < -0.39 is 0 Å². The van der Waals surface area contributed by atoms with Crippen molar-refractivity contribution >= 4 is 5.91 Å². The number of aryl methyl sites for hydroxylation is 1. The fourth-order valence-corrected chi connectivity index (χ4v) is 2.19. The maximum absolute atomic E-state index is 12.1. The lowest BCUT2D eigenvalue weighted by Gasteiger charge is -2.15. The Morgan fingerprint density at radius 1 is 1.40 bits per heavy atom. The predicted molar refractivity (Wildman–Crippen MR) is 72.6 cm³/mol. The minimum absolute atomic E-state index is 0.137. The Morgan fingerprint density at radius 3 is 3.10 bits per heavy atom. The highest BCUT2D eigenvalue weighted by atomic mass is 16.5. The largest absolute Gasteiger partial charge is 0.477 e. The van der Waals surface area contributed by atoms with Crippen molar-refractivity contribution in [3.05, 3.63) is 41.9 Å². The summed E-state index contributed by atoms with van der Waals surface area (Å²) in [4.78, 5) is 16.1. The lowest BCUT2D eigenvalue weighted by Crippen LogP contribution is -2.26. The second-order valence-electron chi connectivity index (χ2n) is 4.65. The fraction of sp³-hybridized carbons (Fsp3) is 0.357. The molecule has 3 heterocycles. The molecule has 1 N–H and O–H groups in total. The molecule has 2 aromatic heterocycles. The first-order chi connectivity index (χ1) is 9.84. The van der Waals surface area contributed by atoms with Crippen LogP contribution in [0, 0.1) is 0 Å². The van der Waals surface area contributed by atoms with Gasteiger partial charge in [0.05, 0.1) is 12.8 Å². The van der Waals surface area contributed by atoms with Crippen LogP contribution in [0.5, 0.6) is 5.88 Å². The molecule has 0 fully saturated rings. The Hall–Kier alpha value is -2.37. The van der Waals surface area contributed by atoms with Crippen molar-refractivity contribution in [3.8, 4) is 5.88 Å². The average Bonchev–Trinajstić information content (AvgIpc) is 2.92. The molecular formula is C14H16N4O2. The molecule has 6 nitrogen and oxygen atoms in total. The third-order valence-electron chi connectivity index (χ3n) is 3.24. The zero-order chi connectivity index (χ0) is 13.8. The molecule has 0 radical (unpaired) electrons. The van der Waals surface area contributed by atoms with Crippen molar-refractivity contribution in [3.63, 3.8) is 0 Å². The van der Waals surface area contributed by atoms with Crippen LogP contribution in [0.15, 0.2) is 30.7 Å². The van der Waals surface area contributed by atoms with Gasteiger partial charge in [-0.05, 0) is 24.1 Å². The van der Waals surface area contributed by atoms with E-state index in [0.717, 1.165) is 24.9 Å². The Kier molecular flexibility index (Phi) is 3.62. The van der Waals surface area contributed by atoms with E-state index in [9.17, 15) is 4.79 Å². The van der Waals surface area contributed by atoms with Crippen LogP contribution >= 0.6 is 0 Å². The number of ether oxygens (including phenoxy) is 1. The molecule has 1 aliphatic rings. The molecule has 1 amide bonds. The number of rotatable bonds is 4. The van der Waals surface area contributed by atoms with Gasteiger partial charge < -0.3 is 10.1 Å². The number of carbonyl (C=O) groups is 1. The summed E-state index contributed by atoms with van der Waals surface area (Å²) in [7, 11) is 0. The van der Waals surface area contributed by atoms with Gasteiger partial charge in [-0.25, -0.2) is 4.68 Å². The first kappa shape index (κ1) is 12.7. The Bertz CT molecular complexity index is 594. The lowest BCUT2D eigenvalue weighted by atomic mass is 10.2. The number of hydrogen-bond donors (Lipinski definition) is 1. The van der Waals surface area contributed by atoms with Gasteiger partial charge in [0.15, 0.2) is 0 Å². The van der Waals surface area contributed by atoms with Gasteiger partial charge in [-0.3, -0.25) is 9.78 Å². The zero-order valence-corrected chi connectivity index (χ0v) is 11.1. The van der Waals surface area contributed by atoms with Crippen molar-refractivity contribution in [1.29, 1.82) is 0 Å².